The number of amides is 2. The first-order chi connectivity index (χ1) is 7.93. The Morgan fingerprint density at radius 1 is 1.35 bits per heavy atom. The van der Waals surface area contributed by atoms with Crippen LogP contribution in [-0.2, 0) is 0 Å². The van der Waals surface area contributed by atoms with Gasteiger partial charge in [0.15, 0.2) is 0 Å². The predicted molar refractivity (Wildman–Crippen MR) is 72.5 cm³/mol. The molecule has 2 N–H and O–H groups in total. The van der Waals surface area contributed by atoms with Crippen LogP contribution in [0.4, 0.5) is 4.79 Å². The van der Waals surface area contributed by atoms with E-state index >= 15 is 0 Å². The van der Waals surface area contributed by atoms with Crippen LogP contribution in [0, 0.1) is 11.3 Å². The highest BCUT2D eigenvalue weighted by atomic mass is 35.5. The van der Waals surface area contributed by atoms with Crippen LogP contribution < -0.4 is 10.6 Å². The summed E-state index contributed by atoms with van der Waals surface area (Å²) < 4.78 is 0. The van der Waals surface area contributed by atoms with Gasteiger partial charge in [-0.3, -0.25) is 0 Å². The number of rotatable bonds is 3. The third kappa shape index (κ3) is 5.15. The fourth-order valence-electron chi connectivity index (χ4n) is 2.50. The number of hydrogen-bond acceptors (Lipinski definition) is 1. The highest BCUT2D eigenvalue weighted by Crippen LogP contribution is 2.37. The molecule has 4 heteroatoms. The summed E-state index contributed by atoms with van der Waals surface area (Å²) in [5.41, 5.74) is 0.340. The molecule has 0 aromatic carbocycles. The summed E-state index contributed by atoms with van der Waals surface area (Å²) in [6.45, 7) is 7.39. The van der Waals surface area contributed by atoms with Crippen LogP contribution in [0.5, 0.6) is 0 Å². The van der Waals surface area contributed by atoms with Crippen LogP contribution in [0.2, 0.25) is 0 Å². The second kappa shape index (κ2) is 6.48. The normalized spacial score (nSPS) is 25.4. The Bertz CT molecular complexity index is 250. The number of carbonyl (C=O) groups excluding carboxylic acids is 1. The van der Waals surface area contributed by atoms with E-state index in [1.165, 1.54) is 12.8 Å². The van der Waals surface area contributed by atoms with Gasteiger partial charge in [0.25, 0.3) is 0 Å². The Kier molecular flexibility index (Phi) is 5.57. The summed E-state index contributed by atoms with van der Waals surface area (Å²) in [6, 6.07) is 0.244. The van der Waals surface area contributed by atoms with Gasteiger partial charge >= 0.3 is 6.03 Å². The van der Waals surface area contributed by atoms with E-state index < -0.39 is 0 Å². The fraction of sp³-hybridized carbons (Fsp3) is 0.923. The molecule has 2 atom stereocenters. The van der Waals surface area contributed by atoms with Crippen molar-refractivity contribution in [1.82, 2.24) is 10.6 Å². The largest absolute Gasteiger partial charge is 0.337 e. The Morgan fingerprint density at radius 3 is 2.65 bits per heavy atom. The highest BCUT2D eigenvalue weighted by molar-refractivity contribution is 6.18. The van der Waals surface area contributed by atoms with E-state index in [1.807, 2.05) is 0 Å². The van der Waals surface area contributed by atoms with Crippen LogP contribution in [0.1, 0.15) is 46.5 Å². The first-order valence-corrected chi connectivity index (χ1v) is 7.07. The Balaban J connectivity index is 2.37. The standard InChI is InChI=1S/C13H25ClN2O/c1-13(2,3)10-5-4-6-11(9-10)16-12(17)15-8-7-14/h10-11H,4-9H2,1-3H3,(H2,15,16,17)/t10-,11-/m1/s1. The zero-order valence-corrected chi connectivity index (χ0v) is 11.9. The molecule has 0 bridgehead atoms. The van der Waals surface area contributed by atoms with Crippen molar-refractivity contribution in [2.45, 2.75) is 52.5 Å². The molecule has 0 aromatic heterocycles. The maximum absolute atomic E-state index is 11.5. The van der Waals surface area contributed by atoms with E-state index in [4.69, 9.17) is 11.6 Å². The molecular formula is C13H25ClN2O. The number of alkyl halides is 1. The summed E-state index contributed by atoms with van der Waals surface area (Å²) in [7, 11) is 0. The third-order valence-corrected chi connectivity index (χ3v) is 3.80. The topological polar surface area (TPSA) is 41.1 Å². The summed E-state index contributed by atoms with van der Waals surface area (Å²) >= 11 is 5.53. The second-order valence-electron chi connectivity index (χ2n) is 6.02. The maximum atomic E-state index is 11.5. The van der Waals surface area contributed by atoms with Crippen molar-refractivity contribution in [3.05, 3.63) is 0 Å². The van der Waals surface area contributed by atoms with Gasteiger partial charge in [0.05, 0.1) is 0 Å². The van der Waals surface area contributed by atoms with Crippen molar-refractivity contribution in [2.75, 3.05) is 12.4 Å². The monoisotopic (exact) mass is 260 g/mol. The molecule has 2 amide bonds. The molecule has 1 aliphatic carbocycles. The lowest BCUT2D eigenvalue weighted by Gasteiger charge is -2.37. The highest BCUT2D eigenvalue weighted by Gasteiger charge is 2.31. The summed E-state index contributed by atoms with van der Waals surface area (Å²) in [5, 5.41) is 5.80. The molecule has 1 fully saturated rings. The summed E-state index contributed by atoms with van der Waals surface area (Å²) in [4.78, 5) is 11.5. The van der Waals surface area contributed by atoms with Crippen LogP contribution in [0.3, 0.4) is 0 Å². The van der Waals surface area contributed by atoms with Crippen LogP contribution >= 0.6 is 11.6 Å². The molecule has 0 radical (unpaired) electrons. The van der Waals surface area contributed by atoms with Gasteiger partial charge in [-0.05, 0) is 30.6 Å². The van der Waals surface area contributed by atoms with Gasteiger partial charge < -0.3 is 10.6 Å². The zero-order chi connectivity index (χ0) is 12.9. The van der Waals surface area contributed by atoms with Crippen molar-refractivity contribution >= 4 is 17.6 Å². The van der Waals surface area contributed by atoms with Crippen molar-refractivity contribution < 1.29 is 4.79 Å². The van der Waals surface area contributed by atoms with E-state index in [-0.39, 0.29) is 6.03 Å². The molecule has 0 spiro atoms. The molecule has 0 saturated heterocycles. The van der Waals surface area contributed by atoms with Crippen LogP contribution in [-0.4, -0.2) is 24.5 Å². The molecule has 0 aromatic rings. The van der Waals surface area contributed by atoms with Crippen molar-refractivity contribution in [2.24, 2.45) is 11.3 Å². The minimum Gasteiger partial charge on any atom is -0.337 e. The molecule has 0 unspecified atom stereocenters. The lowest BCUT2D eigenvalue weighted by Crippen LogP contribution is -2.45. The zero-order valence-electron chi connectivity index (χ0n) is 11.2. The van der Waals surface area contributed by atoms with E-state index in [0.717, 1.165) is 12.8 Å². The van der Waals surface area contributed by atoms with Gasteiger partial charge in [-0.1, -0.05) is 27.2 Å². The van der Waals surface area contributed by atoms with Gasteiger partial charge in [0, 0.05) is 18.5 Å². The molecule has 100 valence electrons. The average Bonchev–Trinajstić information content (AvgIpc) is 2.25. The Hall–Kier alpha value is -0.440. The lowest BCUT2D eigenvalue weighted by molar-refractivity contribution is 0.154. The first kappa shape index (κ1) is 14.6. The van der Waals surface area contributed by atoms with Crippen molar-refractivity contribution in [1.29, 1.82) is 0 Å². The minimum absolute atomic E-state index is 0.0785. The van der Waals surface area contributed by atoms with Crippen LogP contribution in [0.25, 0.3) is 0 Å². The second-order valence-corrected chi connectivity index (χ2v) is 6.39. The van der Waals surface area contributed by atoms with E-state index in [0.29, 0.717) is 29.8 Å². The summed E-state index contributed by atoms with van der Waals surface area (Å²) in [6.07, 6.45) is 4.69. The number of carbonyl (C=O) groups is 1. The molecular weight excluding hydrogens is 236 g/mol. The van der Waals surface area contributed by atoms with Gasteiger partial charge in [-0.25, -0.2) is 4.79 Å². The van der Waals surface area contributed by atoms with Gasteiger partial charge in [-0.15, -0.1) is 11.6 Å². The first-order valence-electron chi connectivity index (χ1n) is 6.54. The average molecular weight is 261 g/mol. The predicted octanol–water partition coefficient (Wildman–Crippen LogP) is 3.13. The molecule has 1 rings (SSSR count). The van der Waals surface area contributed by atoms with Gasteiger partial charge in [0.2, 0.25) is 0 Å². The van der Waals surface area contributed by atoms with E-state index in [9.17, 15) is 4.79 Å². The number of hydrogen-bond donors (Lipinski definition) is 2. The van der Waals surface area contributed by atoms with Crippen molar-refractivity contribution in [3.63, 3.8) is 0 Å². The smallest absolute Gasteiger partial charge is 0.315 e. The fourth-order valence-corrected chi connectivity index (χ4v) is 2.60. The lowest BCUT2D eigenvalue weighted by atomic mass is 9.71. The van der Waals surface area contributed by atoms with Gasteiger partial charge in [0.1, 0.15) is 0 Å². The van der Waals surface area contributed by atoms with Crippen LogP contribution in [0.15, 0.2) is 0 Å². The number of halogens is 1. The van der Waals surface area contributed by atoms with E-state index in [2.05, 4.69) is 31.4 Å². The SMILES string of the molecule is CC(C)(C)[C@@H]1CCC[C@@H](NC(=O)NCCCl)C1. The quantitative estimate of drug-likeness (QED) is 0.752. The number of urea groups is 1. The molecule has 1 saturated carbocycles. The number of nitrogens with one attached hydrogen (secondary N) is 2. The summed E-state index contributed by atoms with van der Waals surface area (Å²) in [5.74, 6) is 1.16. The Labute approximate surface area is 110 Å². The molecule has 0 heterocycles. The van der Waals surface area contributed by atoms with Gasteiger partial charge in [-0.2, -0.15) is 0 Å². The third-order valence-electron chi connectivity index (χ3n) is 3.61. The Morgan fingerprint density at radius 2 is 2.06 bits per heavy atom. The molecule has 17 heavy (non-hydrogen) atoms. The van der Waals surface area contributed by atoms with E-state index in [1.54, 1.807) is 0 Å². The molecule has 3 nitrogen and oxygen atoms in total. The minimum atomic E-state index is -0.0785. The van der Waals surface area contributed by atoms with Crippen molar-refractivity contribution in [3.8, 4) is 0 Å². The molecule has 0 aliphatic heterocycles. The molecule has 1 aliphatic rings. The maximum Gasteiger partial charge on any atom is 0.315 e.